The highest BCUT2D eigenvalue weighted by molar-refractivity contribution is 8.14. The van der Waals surface area contributed by atoms with Gasteiger partial charge in [0.25, 0.3) is 0 Å². The van der Waals surface area contributed by atoms with Crippen LogP contribution in [0.25, 0.3) is 31.6 Å². The van der Waals surface area contributed by atoms with Crippen molar-refractivity contribution >= 4 is 55.1 Å². The van der Waals surface area contributed by atoms with E-state index in [-0.39, 0.29) is 9.49 Å². The molecule has 0 N–H and O–H groups in total. The molecule has 4 aromatic rings. The maximum absolute atomic E-state index is 4.63. The highest BCUT2D eigenvalue weighted by atomic mass is 32.2. The number of thioether (sulfide) groups is 2. The number of fused-ring (bicyclic) bond motifs is 6. The lowest BCUT2D eigenvalue weighted by Crippen LogP contribution is -2.47. The van der Waals surface area contributed by atoms with Gasteiger partial charge in [-0.15, -0.1) is 23.5 Å². The van der Waals surface area contributed by atoms with Crippen LogP contribution >= 0.6 is 23.5 Å². The van der Waals surface area contributed by atoms with E-state index in [4.69, 9.17) is 0 Å². The molecule has 4 aliphatic rings. The van der Waals surface area contributed by atoms with E-state index in [0.29, 0.717) is 0 Å². The van der Waals surface area contributed by atoms with E-state index in [1.807, 2.05) is 24.5 Å². The molecular weight excluding hydrogens is 489 g/mol. The smallest absolute Gasteiger partial charge is 0.0708 e. The predicted octanol–water partition coefficient (Wildman–Crippen LogP) is 8.97. The molecule has 2 aliphatic carbocycles. The van der Waals surface area contributed by atoms with Gasteiger partial charge < -0.3 is 0 Å². The Morgan fingerprint density at radius 3 is 1.62 bits per heavy atom. The van der Waals surface area contributed by atoms with Crippen LogP contribution < -0.4 is 0 Å². The molecule has 2 aliphatic heterocycles. The van der Waals surface area contributed by atoms with Crippen LogP contribution in [0, 0.1) is 0 Å². The fraction of sp³-hybridized carbons (Fsp3) is 0.212. The van der Waals surface area contributed by atoms with Gasteiger partial charge in [-0.1, -0.05) is 36.4 Å². The molecule has 8 rings (SSSR count). The molecule has 2 aromatic heterocycles. The molecule has 2 atom stereocenters. The first-order valence-electron chi connectivity index (χ1n) is 13.0. The molecule has 0 spiro atoms. The molecule has 4 heterocycles. The zero-order valence-corrected chi connectivity index (χ0v) is 22.5. The van der Waals surface area contributed by atoms with Crippen molar-refractivity contribution < 1.29 is 0 Å². The molecule has 0 radical (unpaired) electrons. The molecule has 0 amide bonds. The molecule has 0 bridgehead atoms. The normalized spacial score (nSPS) is 26.4. The Balaban J connectivity index is 1.25. The molecule has 4 heteroatoms. The molecule has 2 nitrogen and oxygen atoms in total. The van der Waals surface area contributed by atoms with Gasteiger partial charge in [0, 0.05) is 33.0 Å². The Hall–Kier alpha value is -3.08. The lowest BCUT2D eigenvalue weighted by molar-refractivity contribution is 0.607. The number of benzene rings is 2. The number of hydrogen-bond acceptors (Lipinski definition) is 4. The minimum absolute atomic E-state index is 0.0298. The van der Waals surface area contributed by atoms with Crippen molar-refractivity contribution in [1.29, 1.82) is 0 Å². The summed E-state index contributed by atoms with van der Waals surface area (Å²) in [4.78, 5) is 12.0. The number of rotatable bonds is 2. The van der Waals surface area contributed by atoms with Gasteiger partial charge in [0.2, 0.25) is 0 Å². The number of pyridine rings is 2. The Kier molecular flexibility index (Phi) is 4.58. The molecule has 0 saturated heterocycles. The van der Waals surface area contributed by atoms with E-state index in [0.717, 1.165) is 11.0 Å². The Labute approximate surface area is 225 Å². The van der Waals surface area contributed by atoms with E-state index in [9.17, 15) is 0 Å². The van der Waals surface area contributed by atoms with Crippen LogP contribution in [0.15, 0.2) is 108 Å². The highest BCUT2D eigenvalue weighted by Gasteiger charge is 2.59. The van der Waals surface area contributed by atoms with E-state index in [1.165, 1.54) is 51.0 Å². The van der Waals surface area contributed by atoms with Crippen LogP contribution in [0.1, 0.15) is 44.2 Å². The molecule has 0 unspecified atom stereocenters. The van der Waals surface area contributed by atoms with Crippen molar-refractivity contribution in [2.24, 2.45) is 0 Å². The van der Waals surface area contributed by atoms with Gasteiger partial charge in [-0.3, -0.25) is 9.97 Å². The highest BCUT2D eigenvalue weighted by Crippen LogP contribution is 2.70. The Morgan fingerprint density at radius 2 is 1.14 bits per heavy atom. The van der Waals surface area contributed by atoms with Gasteiger partial charge in [-0.05, 0) is 103 Å². The van der Waals surface area contributed by atoms with E-state index in [2.05, 4.69) is 108 Å². The summed E-state index contributed by atoms with van der Waals surface area (Å²) in [6, 6.07) is 21.8. The van der Waals surface area contributed by atoms with Crippen LogP contribution in [0.4, 0.5) is 0 Å². The molecular formula is C33H26N2S2. The maximum Gasteiger partial charge on any atom is 0.0708 e. The summed E-state index contributed by atoms with van der Waals surface area (Å²) in [5, 5.41) is 2.39. The average molecular weight is 515 g/mol. The van der Waals surface area contributed by atoms with Crippen LogP contribution in [0.5, 0.6) is 0 Å². The van der Waals surface area contributed by atoms with Gasteiger partial charge in [-0.25, -0.2) is 0 Å². The van der Waals surface area contributed by atoms with Crippen molar-refractivity contribution in [3.8, 4) is 0 Å². The number of aromatic nitrogens is 2. The maximum atomic E-state index is 4.63. The van der Waals surface area contributed by atoms with Gasteiger partial charge in [-0.2, -0.15) is 0 Å². The lowest BCUT2D eigenvalue weighted by Gasteiger charge is -2.47. The summed E-state index contributed by atoms with van der Waals surface area (Å²) in [5.41, 5.74) is 11.0. The monoisotopic (exact) mass is 514 g/mol. The van der Waals surface area contributed by atoms with E-state index < -0.39 is 0 Å². The Morgan fingerprint density at radius 1 is 0.649 bits per heavy atom. The lowest BCUT2D eigenvalue weighted by atomic mass is 9.72. The Bertz CT molecular complexity index is 1660. The second-order valence-electron chi connectivity index (χ2n) is 10.7. The summed E-state index contributed by atoms with van der Waals surface area (Å²) >= 11 is 4.11. The molecule has 180 valence electrons. The number of allylic oxidation sites excluding steroid dienone is 4. The number of hydrogen-bond donors (Lipinski definition) is 0. The second kappa shape index (κ2) is 7.72. The van der Waals surface area contributed by atoms with Crippen LogP contribution in [-0.2, 0) is 0 Å². The first-order valence-corrected chi connectivity index (χ1v) is 14.7. The molecule has 2 aromatic carbocycles. The average Bonchev–Trinajstić information content (AvgIpc) is 3.64. The second-order valence-corrected chi connectivity index (χ2v) is 13.7. The third-order valence-electron chi connectivity index (χ3n) is 8.77. The van der Waals surface area contributed by atoms with Crippen molar-refractivity contribution in [3.05, 3.63) is 119 Å². The minimum Gasteiger partial charge on any atom is -0.256 e. The summed E-state index contributed by atoms with van der Waals surface area (Å²) in [6.07, 6.45) is 12.4. The summed E-state index contributed by atoms with van der Waals surface area (Å²) in [7, 11) is 0. The summed E-state index contributed by atoms with van der Waals surface area (Å²) in [6.45, 7) is 4.98. The van der Waals surface area contributed by atoms with Crippen LogP contribution in [0.3, 0.4) is 0 Å². The SMILES string of the molecule is C[C@]12SC(c3ccc4cccnc4c3)=CC1=C1CCCC1=C1C=C(c3ccc4cccnc4c3)S[C@@]12C. The minimum atomic E-state index is -0.0298. The first-order chi connectivity index (χ1) is 18.0. The molecule has 1 fully saturated rings. The molecule has 37 heavy (non-hydrogen) atoms. The van der Waals surface area contributed by atoms with E-state index >= 15 is 0 Å². The van der Waals surface area contributed by atoms with Crippen LogP contribution in [-0.4, -0.2) is 19.5 Å². The van der Waals surface area contributed by atoms with Crippen LogP contribution in [0.2, 0.25) is 0 Å². The topological polar surface area (TPSA) is 25.8 Å². The standard InChI is InChI=1S/C33H26N2S2/c1-32-26(18-30(36-32)22-12-10-20-6-4-14-34-28(20)16-22)24-8-3-9-25(24)27-19-31(37-33(27,32)2)23-13-11-21-7-5-15-35-29(21)17-23/h4-7,10-19H,3,8-9H2,1-2H3/t32-,33-/m0/s1. The molecule has 1 saturated carbocycles. The van der Waals surface area contributed by atoms with Gasteiger partial charge in [0.15, 0.2) is 0 Å². The fourth-order valence-electron chi connectivity index (χ4n) is 6.67. The van der Waals surface area contributed by atoms with Gasteiger partial charge in [0.05, 0.1) is 20.5 Å². The fourth-order valence-corrected chi connectivity index (χ4v) is 9.83. The quantitative estimate of drug-likeness (QED) is 0.267. The van der Waals surface area contributed by atoms with E-state index in [1.54, 1.807) is 22.3 Å². The van der Waals surface area contributed by atoms with Crippen molar-refractivity contribution in [2.45, 2.75) is 42.6 Å². The third-order valence-corrected chi connectivity index (χ3v) is 12.1. The zero-order chi connectivity index (χ0) is 24.8. The predicted molar refractivity (Wildman–Crippen MR) is 159 cm³/mol. The summed E-state index contributed by atoms with van der Waals surface area (Å²) < 4.78 is -0.0597. The number of nitrogens with zero attached hydrogens (tertiary/aromatic N) is 2. The third kappa shape index (κ3) is 3.03. The van der Waals surface area contributed by atoms with Gasteiger partial charge in [0.1, 0.15) is 0 Å². The zero-order valence-electron chi connectivity index (χ0n) is 20.9. The van der Waals surface area contributed by atoms with Crippen molar-refractivity contribution in [2.75, 3.05) is 0 Å². The van der Waals surface area contributed by atoms with Gasteiger partial charge >= 0.3 is 0 Å². The summed E-state index contributed by atoms with van der Waals surface area (Å²) in [5.74, 6) is 0. The van der Waals surface area contributed by atoms with Crippen molar-refractivity contribution in [1.82, 2.24) is 9.97 Å². The first kappa shape index (κ1) is 22.0. The van der Waals surface area contributed by atoms with Crippen molar-refractivity contribution in [3.63, 3.8) is 0 Å². The largest absolute Gasteiger partial charge is 0.256 e.